The highest BCUT2D eigenvalue weighted by Gasteiger charge is 2.13. The summed E-state index contributed by atoms with van der Waals surface area (Å²) in [5, 5.41) is 6.65. The fourth-order valence-corrected chi connectivity index (χ4v) is 3.51. The summed E-state index contributed by atoms with van der Waals surface area (Å²) < 4.78 is 11.7. The lowest BCUT2D eigenvalue weighted by molar-refractivity contribution is 0.237. The number of para-hydroxylation sites is 1. The summed E-state index contributed by atoms with van der Waals surface area (Å²) in [7, 11) is 3.18. The van der Waals surface area contributed by atoms with Crippen molar-refractivity contribution in [3.05, 3.63) is 53.0 Å². The molecule has 26 heavy (non-hydrogen) atoms. The van der Waals surface area contributed by atoms with Crippen LogP contribution in [0.1, 0.15) is 23.5 Å². The van der Waals surface area contributed by atoms with Crippen molar-refractivity contribution in [1.29, 1.82) is 0 Å². The third-order valence-electron chi connectivity index (χ3n) is 3.99. The lowest BCUT2D eigenvalue weighted by atomic mass is 10.1. The van der Waals surface area contributed by atoms with Crippen molar-refractivity contribution in [3.63, 3.8) is 0 Å². The van der Waals surface area contributed by atoms with Crippen molar-refractivity contribution >= 4 is 27.6 Å². The van der Waals surface area contributed by atoms with E-state index in [4.69, 9.17) is 9.47 Å². The molecule has 1 atom stereocenters. The monoisotopic (exact) mass is 371 g/mol. The lowest BCUT2D eigenvalue weighted by Crippen LogP contribution is -2.36. The van der Waals surface area contributed by atoms with Gasteiger partial charge in [-0.1, -0.05) is 18.2 Å². The second-order valence-corrected chi connectivity index (χ2v) is 6.85. The number of hydrogen-bond acceptors (Lipinski definition) is 5. The summed E-state index contributed by atoms with van der Waals surface area (Å²) in [6.45, 7) is 2.31. The van der Waals surface area contributed by atoms with Crippen LogP contribution in [0.4, 0.5) is 4.79 Å². The van der Waals surface area contributed by atoms with Gasteiger partial charge in [0.1, 0.15) is 5.01 Å². The van der Waals surface area contributed by atoms with Crippen LogP contribution in [0.5, 0.6) is 11.5 Å². The van der Waals surface area contributed by atoms with Crippen LogP contribution in [0.25, 0.3) is 10.2 Å². The molecule has 2 aromatic carbocycles. The molecule has 1 heterocycles. The van der Waals surface area contributed by atoms with Crippen LogP contribution in [-0.2, 0) is 6.54 Å². The Labute approximate surface area is 156 Å². The van der Waals surface area contributed by atoms with Crippen molar-refractivity contribution < 1.29 is 14.3 Å². The third kappa shape index (κ3) is 4.05. The smallest absolute Gasteiger partial charge is 0.315 e. The van der Waals surface area contributed by atoms with E-state index in [1.807, 2.05) is 49.4 Å². The first kappa shape index (κ1) is 18.0. The maximum atomic E-state index is 12.2. The predicted molar refractivity (Wildman–Crippen MR) is 103 cm³/mol. The highest BCUT2D eigenvalue weighted by molar-refractivity contribution is 7.18. The average Bonchev–Trinajstić information content (AvgIpc) is 3.08. The summed E-state index contributed by atoms with van der Waals surface area (Å²) in [6, 6.07) is 13.1. The molecule has 0 aliphatic heterocycles. The van der Waals surface area contributed by atoms with E-state index in [1.165, 1.54) is 0 Å². The molecule has 0 aliphatic rings. The number of amides is 2. The third-order valence-corrected chi connectivity index (χ3v) is 5.03. The number of carbonyl (C=O) groups excluding carboxylic acids is 1. The molecule has 3 rings (SSSR count). The van der Waals surface area contributed by atoms with Crippen LogP contribution in [0.3, 0.4) is 0 Å². The molecule has 0 radical (unpaired) electrons. The van der Waals surface area contributed by atoms with Gasteiger partial charge in [0.2, 0.25) is 0 Å². The number of thiazole rings is 1. The number of carbonyl (C=O) groups is 1. The Bertz CT molecular complexity index is 877. The summed E-state index contributed by atoms with van der Waals surface area (Å²) >= 11 is 1.58. The number of nitrogens with zero attached hydrogens (tertiary/aromatic N) is 1. The maximum Gasteiger partial charge on any atom is 0.315 e. The molecule has 2 N–H and O–H groups in total. The standard InChI is InChI=1S/C19H21N3O3S/c1-12(13-8-9-15(24-2)16(10-13)25-3)21-19(23)20-11-18-22-14-6-4-5-7-17(14)26-18/h4-10,12H,11H2,1-3H3,(H2,20,21,23). The minimum absolute atomic E-state index is 0.176. The van der Waals surface area contributed by atoms with Gasteiger partial charge in [0.25, 0.3) is 0 Å². The SMILES string of the molecule is COc1ccc(C(C)NC(=O)NCc2nc3ccccc3s2)cc1OC. The first-order valence-corrected chi connectivity index (χ1v) is 9.03. The molecule has 136 valence electrons. The number of rotatable bonds is 6. The van der Waals surface area contributed by atoms with E-state index in [1.54, 1.807) is 25.6 Å². The van der Waals surface area contributed by atoms with Gasteiger partial charge in [-0.15, -0.1) is 11.3 Å². The van der Waals surface area contributed by atoms with Gasteiger partial charge in [0, 0.05) is 0 Å². The van der Waals surface area contributed by atoms with Crippen molar-refractivity contribution in [3.8, 4) is 11.5 Å². The van der Waals surface area contributed by atoms with Crippen molar-refractivity contribution in [2.75, 3.05) is 14.2 Å². The normalized spacial score (nSPS) is 11.8. The Morgan fingerprint density at radius 3 is 2.65 bits per heavy atom. The number of nitrogens with one attached hydrogen (secondary N) is 2. The summed E-state index contributed by atoms with van der Waals surface area (Å²) in [4.78, 5) is 16.7. The number of fused-ring (bicyclic) bond motifs is 1. The van der Waals surface area contributed by atoms with E-state index in [2.05, 4.69) is 15.6 Å². The largest absolute Gasteiger partial charge is 0.493 e. The van der Waals surface area contributed by atoms with Crippen LogP contribution in [-0.4, -0.2) is 25.2 Å². The zero-order valence-corrected chi connectivity index (χ0v) is 15.7. The quantitative estimate of drug-likeness (QED) is 0.690. The van der Waals surface area contributed by atoms with Crippen molar-refractivity contribution in [2.45, 2.75) is 19.5 Å². The first-order chi connectivity index (χ1) is 12.6. The van der Waals surface area contributed by atoms with E-state index < -0.39 is 0 Å². The molecule has 0 spiro atoms. The van der Waals surface area contributed by atoms with E-state index in [9.17, 15) is 4.79 Å². The highest BCUT2D eigenvalue weighted by atomic mass is 32.1. The summed E-state index contributed by atoms with van der Waals surface area (Å²) in [6.07, 6.45) is 0. The fourth-order valence-electron chi connectivity index (χ4n) is 2.60. The zero-order chi connectivity index (χ0) is 18.5. The van der Waals surface area contributed by atoms with Crippen molar-refractivity contribution in [1.82, 2.24) is 15.6 Å². The summed E-state index contributed by atoms with van der Waals surface area (Å²) in [5.74, 6) is 1.29. The van der Waals surface area contributed by atoms with Gasteiger partial charge >= 0.3 is 6.03 Å². The molecule has 6 nitrogen and oxygen atoms in total. The van der Waals surface area contributed by atoms with Gasteiger partial charge in [-0.05, 0) is 36.8 Å². The number of urea groups is 1. The van der Waals surface area contributed by atoms with Gasteiger partial charge in [0.15, 0.2) is 11.5 Å². The van der Waals surface area contributed by atoms with Crippen LogP contribution in [0.2, 0.25) is 0 Å². The Kier molecular flexibility index (Phi) is 5.58. The number of aromatic nitrogens is 1. The first-order valence-electron chi connectivity index (χ1n) is 8.21. The van der Waals surface area contributed by atoms with Crippen LogP contribution in [0.15, 0.2) is 42.5 Å². The van der Waals surface area contributed by atoms with Crippen LogP contribution in [0, 0.1) is 0 Å². The number of methoxy groups -OCH3 is 2. The molecule has 0 saturated carbocycles. The molecular formula is C19H21N3O3S. The maximum absolute atomic E-state index is 12.2. The average molecular weight is 371 g/mol. The zero-order valence-electron chi connectivity index (χ0n) is 14.9. The second kappa shape index (κ2) is 8.05. The highest BCUT2D eigenvalue weighted by Crippen LogP contribution is 2.29. The molecule has 1 aromatic heterocycles. The van der Waals surface area contributed by atoms with Crippen molar-refractivity contribution in [2.24, 2.45) is 0 Å². The number of hydrogen-bond donors (Lipinski definition) is 2. The van der Waals surface area contributed by atoms with E-state index >= 15 is 0 Å². The van der Waals surface area contributed by atoms with Crippen LogP contribution >= 0.6 is 11.3 Å². The van der Waals surface area contributed by atoms with E-state index in [0.29, 0.717) is 18.0 Å². The topological polar surface area (TPSA) is 72.5 Å². The van der Waals surface area contributed by atoms with Gasteiger partial charge in [-0.3, -0.25) is 0 Å². The minimum Gasteiger partial charge on any atom is -0.493 e. The predicted octanol–water partition coefficient (Wildman–Crippen LogP) is 3.87. The van der Waals surface area contributed by atoms with Crippen LogP contribution < -0.4 is 20.1 Å². The molecule has 2 amide bonds. The molecule has 0 fully saturated rings. The Morgan fingerprint density at radius 2 is 1.92 bits per heavy atom. The molecule has 3 aromatic rings. The van der Waals surface area contributed by atoms with E-state index in [-0.39, 0.29) is 12.1 Å². The second-order valence-electron chi connectivity index (χ2n) is 5.74. The lowest BCUT2D eigenvalue weighted by Gasteiger charge is -2.16. The van der Waals surface area contributed by atoms with E-state index in [0.717, 1.165) is 20.8 Å². The fraction of sp³-hybridized carbons (Fsp3) is 0.263. The molecule has 1 unspecified atom stereocenters. The van der Waals surface area contributed by atoms with Gasteiger partial charge in [0.05, 0.1) is 37.0 Å². The minimum atomic E-state index is -0.244. The van der Waals surface area contributed by atoms with Gasteiger partial charge in [-0.25, -0.2) is 9.78 Å². The molecule has 0 bridgehead atoms. The Hall–Kier alpha value is -2.80. The summed E-state index contributed by atoms with van der Waals surface area (Å²) in [5.41, 5.74) is 1.88. The molecule has 7 heteroatoms. The number of ether oxygens (including phenoxy) is 2. The van der Waals surface area contributed by atoms with Gasteiger partial charge < -0.3 is 20.1 Å². The molecule has 0 aliphatic carbocycles. The Balaban J connectivity index is 1.58. The number of benzene rings is 2. The molecule has 0 saturated heterocycles. The Morgan fingerprint density at radius 1 is 1.15 bits per heavy atom. The van der Waals surface area contributed by atoms with Gasteiger partial charge in [-0.2, -0.15) is 0 Å². The molecular weight excluding hydrogens is 350 g/mol.